The number of rotatable bonds is 1. The van der Waals surface area contributed by atoms with Crippen molar-refractivity contribution in [3.63, 3.8) is 0 Å². The van der Waals surface area contributed by atoms with Gasteiger partial charge in [-0.05, 0) is 24.6 Å². The topological polar surface area (TPSA) is 74.8 Å². The number of anilines is 1. The highest BCUT2D eigenvalue weighted by atomic mass is 32.2. The molecule has 21 heavy (non-hydrogen) atoms. The highest BCUT2D eigenvalue weighted by Gasteiger charge is 2.44. The van der Waals surface area contributed by atoms with Crippen molar-refractivity contribution in [3.05, 3.63) is 29.8 Å². The first-order valence-corrected chi connectivity index (χ1v) is 8.60. The number of urea groups is 1. The molecule has 0 saturated carbocycles. The first-order valence-electron chi connectivity index (χ1n) is 6.78. The molecule has 2 aliphatic rings. The fourth-order valence-corrected chi connectivity index (χ4v) is 4.38. The van der Waals surface area contributed by atoms with E-state index in [4.69, 9.17) is 0 Å². The number of fused-ring (bicyclic) bond motifs is 1. The summed E-state index contributed by atoms with van der Waals surface area (Å²) < 4.78 is 23.3. The Hall–Kier alpha value is -1.89. The molecule has 1 aromatic carbocycles. The molecular weight excluding hydrogens is 292 g/mol. The summed E-state index contributed by atoms with van der Waals surface area (Å²) in [7, 11) is -3.15. The van der Waals surface area contributed by atoms with Crippen molar-refractivity contribution in [3.8, 4) is 0 Å². The van der Waals surface area contributed by atoms with Gasteiger partial charge in [-0.2, -0.15) is 0 Å². The molecule has 2 aliphatic heterocycles. The van der Waals surface area contributed by atoms with Crippen LogP contribution in [0.1, 0.15) is 12.0 Å². The van der Waals surface area contributed by atoms with E-state index in [2.05, 4.69) is 0 Å². The average molecular weight is 308 g/mol. The Balaban J connectivity index is 1.93. The van der Waals surface area contributed by atoms with E-state index in [1.165, 1.54) is 4.90 Å². The highest BCUT2D eigenvalue weighted by Crippen LogP contribution is 2.27. The van der Waals surface area contributed by atoms with Crippen LogP contribution in [-0.2, 0) is 14.6 Å². The fourth-order valence-electron chi connectivity index (χ4n) is 2.86. The number of imide groups is 1. The Morgan fingerprint density at radius 2 is 2.00 bits per heavy atom. The van der Waals surface area contributed by atoms with Crippen LogP contribution in [0.15, 0.2) is 24.3 Å². The summed E-state index contributed by atoms with van der Waals surface area (Å²) in [6.45, 7) is 2.04. The van der Waals surface area contributed by atoms with E-state index in [1.54, 1.807) is 18.2 Å². The van der Waals surface area contributed by atoms with Crippen LogP contribution in [0.2, 0.25) is 0 Å². The molecule has 2 fully saturated rings. The van der Waals surface area contributed by atoms with Gasteiger partial charge in [-0.15, -0.1) is 0 Å². The molecule has 1 unspecified atom stereocenters. The molecule has 112 valence electrons. The smallest absolute Gasteiger partial charge is 0.318 e. The van der Waals surface area contributed by atoms with Crippen LogP contribution >= 0.6 is 0 Å². The molecule has 0 N–H and O–H groups in total. The Kier molecular flexibility index (Phi) is 3.24. The summed E-state index contributed by atoms with van der Waals surface area (Å²) in [5.74, 6) is -0.499. The second kappa shape index (κ2) is 4.84. The molecule has 7 heteroatoms. The number of hydrogen-bond acceptors (Lipinski definition) is 4. The minimum absolute atomic E-state index is 0.0366. The maximum absolute atomic E-state index is 12.5. The van der Waals surface area contributed by atoms with E-state index in [0.717, 1.165) is 10.5 Å². The van der Waals surface area contributed by atoms with Crippen molar-refractivity contribution in [1.82, 2.24) is 4.90 Å². The Bertz CT molecular complexity index is 713. The van der Waals surface area contributed by atoms with Crippen molar-refractivity contribution in [1.29, 1.82) is 0 Å². The lowest BCUT2D eigenvalue weighted by molar-refractivity contribution is -0.120. The van der Waals surface area contributed by atoms with Gasteiger partial charge in [-0.1, -0.05) is 12.1 Å². The van der Waals surface area contributed by atoms with Crippen LogP contribution in [0, 0.1) is 6.92 Å². The first kappa shape index (κ1) is 14.1. The summed E-state index contributed by atoms with van der Waals surface area (Å²) in [5.41, 5.74) is 1.49. The predicted octanol–water partition coefficient (Wildman–Crippen LogP) is 0.951. The molecule has 0 bridgehead atoms. The average Bonchev–Trinajstić information content (AvgIpc) is 2.37. The largest absolute Gasteiger partial charge is 0.331 e. The molecule has 6 nitrogen and oxygen atoms in total. The monoisotopic (exact) mass is 308 g/mol. The minimum Gasteiger partial charge on any atom is -0.318 e. The van der Waals surface area contributed by atoms with Crippen LogP contribution in [0.3, 0.4) is 0 Å². The predicted molar refractivity (Wildman–Crippen MR) is 77.8 cm³/mol. The number of carbonyl (C=O) groups excluding carboxylic acids is 2. The number of benzene rings is 1. The lowest BCUT2D eigenvalue weighted by Crippen LogP contribution is -2.62. The molecule has 3 rings (SSSR count). The quantitative estimate of drug-likeness (QED) is 0.774. The summed E-state index contributed by atoms with van der Waals surface area (Å²) in [4.78, 5) is 27.5. The van der Waals surface area contributed by atoms with Gasteiger partial charge >= 0.3 is 6.03 Å². The number of amides is 3. The van der Waals surface area contributed by atoms with Crippen molar-refractivity contribution < 1.29 is 18.0 Å². The second-order valence-corrected chi connectivity index (χ2v) is 7.75. The Morgan fingerprint density at radius 1 is 1.24 bits per heavy atom. The lowest BCUT2D eigenvalue weighted by Gasteiger charge is -2.42. The van der Waals surface area contributed by atoms with Gasteiger partial charge in [0.05, 0.1) is 23.2 Å². The third-order valence-electron chi connectivity index (χ3n) is 3.89. The van der Waals surface area contributed by atoms with Crippen molar-refractivity contribution in [2.24, 2.45) is 0 Å². The standard InChI is InChI=1S/C14H16N2O4S/c1-10-3-2-4-11(7-10)16-13(17)8-12-9-21(19,20)6-5-15(12)14(16)18/h2-4,7,12H,5-6,8-9H2,1H3. The third-order valence-corrected chi connectivity index (χ3v) is 5.58. The summed E-state index contributed by atoms with van der Waals surface area (Å²) >= 11 is 0. The molecule has 0 aliphatic carbocycles. The second-order valence-electron chi connectivity index (χ2n) is 5.52. The van der Waals surface area contributed by atoms with Gasteiger partial charge in [0.25, 0.3) is 0 Å². The van der Waals surface area contributed by atoms with Crippen LogP contribution in [0.25, 0.3) is 0 Å². The van der Waals surface area contributed by atoms with Crippen molar-refractivity contribution in [2.45, 2.75) is 19.4 Å². The zero-order valence-corrected chi connectivity index (χ0v) is 12.5. The molecule has 0 aromatic heterocycles. The molecule has 0 spiro atoms. The van der Waals surface area contributed by atoms with Crippen molar-refractivity contribution >= 4 is 27.5 Å². The van der Waals surface area contributed by atoms with E-state index >= 15 is 0 Å². The number of aryl methyl sites for hydroxylation is 1. The Morgan fingerprint density at radius 3 is 2.71 bits per heavy atom. The summed E-state index contributed by atoms with van der Waals surface area (Å²) in [6.07, 6.45) is 0.0545. The molecule has 2 heterocycles. The maximum atomic E-state index is 12.5. The minimum atomic E-state index is -3.15. The Labute approximate surface area is 123 Å². The van der Waals surface area contributed by atoms with Gasteiger partial charge in [0.1, 0.15) is 0 Å². The van der Waals surface area contributed by atoms with Gasteiger partial charge in [0.2, 0.25) is 5.91 Å². The zero-order chi connectivity index (χ0) is 15.2. The van der Waals surface area contributed by atoms with E-state index < -0.39 is 21.9 Å². The maximum Gasteiger partial charge on any atom is 0.331 e. The number of carbonyl (C=O) groups is 2. The number of hydrogen-bond donors (Lipinski definition) is 0. The summed E-state index contributed by atoms with van der Waals surface area (Å²) in [5, 5.41) is 0. The molecule has 1 aromatic rings. The SMILES string of the molecule is Cc1cccc(N2C(=O)CC3CS(=O)(=O)CCN3C2=O)c1. The lowest BCUT2D eigenvalue weighted by atomic mass is 10.1. The normalized spacial score (nSPS) is 24.9. The highest BCUT2D eigenvalue weighted by molar-refractivity contribution is 7.91. The molecule has 2 saturated heterocycles. The number of sulfone groups is 1. The molecule has 3 amide bonds. The van der Waals surface area contributed by atoms with Gasteiger partial charge in [-0.25, -0.2) is 18.1 Å². The van der Waals surface area contributed by atoms with E-state index in [1.807, 2.05) is 13.0 Å². The van der Waals surface area contributed by atoms with Crippen molar-refractivity contribution in [2.75, 3.05) is 23.0 Å². The molecule has 1 atom stereocenters. The van der Waals surface area contributed by atoms with Gasteiger partial charge < -0.3 is 4.90 Å². The van der Waals surface area contributed by atoms with Crippen LogP contribution < -0.4 is 4.90 Å². The van der Waals surface area contributed by atoms with Gasteiger partial charge in [-0.3, -0.25) is 4.79 Å². The van der Waals surface area contributed by atoms with E-state index in [0.29, 0.717) is 5.69 Å². The molecular formula is C14H16N2O4S. The van der Waals surface area contributed by atoms with Crippen LogP contribution in [-0.4, -0.2) is 49.3 Å². The van der Waals surface area contributed by atoms with Crippen LogP contribution in [0.5, 0.6) is 0 Å². The molecule has 0 radical (unpaired) electrons. The third kappa shape index (κ3) is 2.53. The van der Waals surface area contributed by atoms with E-state index in [-0.39, 0.29) is 30.4 Å². The summed E-state index contributed by atoms with van der Waals surface area (Å²) in [6, 6.07) is 6.22. The van der Waals surface area contributed by atoms with Crippen LogP contribution in [0.4, 0.5) is 10.5 Å². The zero-order valence-electron chi connectivity index (χ0n) is 11.7. The number of nitrogens with zero attached hydrogens (tertiary/aromatic N) is 2. The van der Waals surface area contributed by atoms with Gasteiger partial charge in [0.15, 0.2) is 9.84 Å². The van der Waals surface area contributed by atoms with Gasteiger partial charge in [0, 0.05) is 13.0 Å². The van der Waals surface area contributed by atoms with E-state index in [9.17, 15) is 18.0 Å². The first-order chi connectivity index (χ1) is 9.87. The fraction of sp³-hybridized carbons (Fsp3) is 0.429.